The molecule has 7 heterocycles. The molecular weight excluding hydrogens is 835 g/mol. The van der Waals surface area contributed by atoms with Gasteiger partial charge in [-0.15, -0.1) is 32.9 Å². The van der Waals surface area contributed by atoms with Crippen molar-refractivity contribution in [2.45, 2.75) is 84.5 Å². The second-order valence-corrected chi connectivity index (χ2v) is 18.6. The molecule has 2 saturated heterocycles. The van der Waals surface area contributed by atoms with Gasteiger partial charge in [-0.05, 0) is 95.0 Å². The number of anilines is 2. The van der Waals surface area contributed by atoms with Gasteiger partial charge in [0.25, 0.3) is 0 Å². The molecule has 2 aromatic carbocycles. The quantitative estimate of drug-likeness (QED) is 0.120. The van der Waals surface area contributed by atoms with Crippen LogP contribution >= 0.6 is 22.7 Å². The summed E-state index contributed by atoms with van der Waals surface area (Å²) in [4.78, 5) is 45.9. The number of hydrogen-bond donors (Lipinski definition) is 3. The minimum atomic E-state index is -0.874. The number of thiazole rings is 1. The number of thiophene rings is 1. The van der Waals surface area contributed by atoms with Gasteiger partial charge >= 0.3 is 6.03 Å². The fourth-order valence-electron chi connectivity index (χ4n) is 8.81. The van der Waals surface area contributed by atoms with Crippen LogP contribution in [-0.4, -0.2) is 90.2 Å². The first-order chi connectivity index (χ1) is 30.3. The number of likely N-dealkylation sites (tertiary alicyclic amines) is 1. The van der Waals surface area contributed by atoms with E-state index in [0.717, 1.165) is 68.5 Å². The number of aryl methyl sites for hydroxylation is 3. The number of aromatic hydroxyl groups is 1. The molecule has 5 aromatic heterocycles. The number of urea groups is 1. The highest BCUT2D eigenvalue weighted by molar-refractivity contribution is 7.19. The lowest BCUT2D eigenvalue weighted by Gasteiger charge is -2.32. The molecule has 3 N–H and O–H groups in total. The topological polar surface area (TPSA) is 174 Å². The maximum Gasteiger partial charge on any atom is 0.327 e. The van der Waals surface area contributed by atoms with Gasteiger partial charge in [0.1, 0.15) is 28.1 Å². The van der Waals surface area contributed by atoms with Crippen LogP contribution in [0.25, 0.3) is 43.2 Å². The van der Waals surface area contributed by atoms with Crippen molar-refractivity contribution in [2.75, 3.05) is 29.4 Å². The van der Waals surface area contributed by atoms with E-state index in [0.29, 0.717) is 22.9 Å². The molecule has 0 radical (unpaired) electrons. The fraction of sp³-hybridized carbons (Fsp3) is 0.340. The second-order valence-electron chi connectivity index (χ2n) is 16.8. The summed E-state index contributed by atoms with van der Waals surface area (Å²) in [7, 11) is 0. The fourth-order valence-corrected chi connectivity index (χ4v) is 10.9. The summed E-state index contributed by atoms with van der Waals surface area (Å²) in [6.45, 7) is 13.4. The highest BCUT2D eigenvalue weighted by Crippen LogP contribution is 2.41. The van der Waals surface area contributed by atoms with Crippen molar-refractivity contribution >= 4 is 56.5 Å². The monoisotopic (exact) mass is 883 g/mol. The number of para-hydroxylation sites is 1. The molecule has 63 heavy (non-hydrogen) atoms. The number of carbonyl (C=O) groups excluding carboxylic acids is 2. The van der Waals surface area contributed by atoms with E-state index >= 15 is 0 Å². The number of aliphatic hydroxyl groups is 1. The van der Waals surface area contributed by atoms with Gasteiger partial charge in [-0.25, -0.2) is 14.8 Å². The SMILES string of the molecule is Cc1nc(N2CCC(c3sc4nnc(-c5ccccc5O)cc4c3C)C2)ccc1-c1cc(N(C(=O)N2C[C@H](O)C[C@H]2C(=O)N[C@@H](C)c2ccc(-c3scnc3C)cc2)C(C)C)on1. The molecule has 324 valence electrons. The van der Waals surface area contributed by atoms with Gasteiger partial charge in [-0.2, -0.15) is 0 Å². The third kappa shape index (κ3) is 8.14. The van der Waals surface area contributed by atoms with Gasteiger partial charge in [-0.1, -0.05) is 41.6 Å². The molecular formula is C47H49N9O5S2. The number of phenolic OH excluding ortho intramolecular Hbond substituents is 1. The molecule has 0 aliphatic carbocycles. The summed E-state index contributed by atoms with van der Waals surface area (Å²) in [5, 5.41) is 38.6. The molecule has 9 rings (SSSR count). The maximum absolute atomic E-state index is 14.3. The molecule has 14 nitrogen and oxygen atoms in total. The van der Waals surface area contributed by atoms with Gasteiger partial charge in [0.15, 0.2) is 0 Å². The van der Waals surface area contributed by atoms with E-state index < -0.39 is 18.2 Å². The molecule has 2 aliphatic rings. The highest BCUT2D eigenvalue weighted by Gasteiger charge is 2.42. The van der Waals surface area contributed by atoms with Crippen molar-refractivity contribution in [1.82, 2.24) is 35.5 Å². The smallest absolute Gasteiger partial charge is 0.327 e. The Morgan fingerprint density at radius 2 is 1.73 bits per heavy atom. The number of amides is 3. The van der Waals surface area contributed by atoms with Crippen LogP contribution in [0.2, 0.25) is 0 Å². The van der Waals surface area contributed by atoms with Crippen LogP contribution in [-0.2, 0) is 4.79 Å². The van der Waals surface area contributed by atoms with Crippen LogP contribution in [0.3, 0.4) is 0 Å². The van der Waals surface area contributed by atoms with Crippen LogP contribution in [0.15, 0.2) is 82.8 Å². The Hall–Kier alpha value is -6.23. The summed E-state index contributed by atoms with van der Waals surface area (Å²) in [6, 6.07) is 20.9. The zero-order valence-electron chi connectivity index (χ0n) is 35.9. The van der Waals surface area contributed by atoms with Gasteiger partial charge in [0.2, 0.25) is 11.8 Å². The number of nitrogens with one attached hydrogen (secondary N) is 1. The molecule has 16 heteroatoms. The number of nitrogens with zero attached hydrogens (tertiary/aromatic N) is 8. The molecule has 3 amide bonds. The predicted molar refractivity (Wildman–Crippen MR) is 246 cm³/mol. The number of carbonyl (C=O) groups is 2. The van der Waals surface area contributed by atoms with Crippen LogP contribution in [0.4, 0.5) is 16.5 Å². The van der Waals surface area contributed by atoms with E-state index in [9.17, 15) is 19.8 Å². The number of aliphatic hydroxyl groups excluding tert-OH is 1. The van der Waals surface area contributed by atoms with E-state index in [-0.39, 0.29) is 42.6 Å². The number of benzene rings is 2. The van der Waals surface area contributed by atoms with Gasteiger partial charge in [0.05, 0.1) is 33.9 Å². The molecule has 4 atom stereocenters. The van der Waals surface area contributed by atoms with Crippen molar-refractivity contribution in [3.8, 4) is 38.7 Å². The molecule has 2 aliphatic heterocycles. The second kappa shape index (κ2) is 17.1. The van der Waals surface area contributed by atoms with E-state index in [4.69, 9.17) is 9.51 Å². The van der Waals surface area contributed by atoms with Crippen LogP contribution in [0, 0.1) is 20.8 Å². The maximum atomic E-state index is 14.3. The first-order valence-corrected chi connectivity index (χ1v) is 22.9. The van der Waals surface area contributed by atoms with Crippen molar-refractivity contribution in [1.29, 1.82) is 0 Å². The van der Waals surface area contributed by atoms with Crippen molar-refractivity contribution in [2.24, 2.45) is 0 Å². The lowest BCUT2D eigenvalue weighted by molar-refractivity contribution is -0.125. The molecule has 7 aromatic rings. The Bertz CT molecular complexity index is 2820. The number of hydrogen-bond acceptors (Lipinski definition) is 13. The number of rotatable bonds is 10. The standard InChI is InChI=1S/C47H49N9O5S2/c1-25(2)56(47(60)55-23-33(57)19-39(55)45(59)50-27(4)30-11-13-31(14-12-30)44-29(6)48-24-62-44)42-21-38(53-61-42)34-15-16-41(49-28(34)5)54-18-17-32(22-54)43-26(3)36-20-37(51-52-46(36)63-43)35-9-7-8-10-40(35)58/h7-16,20-21,24-25,27,32-33,39,57-58H,17-19,22-23H2,1-6H3,(H,50,59)/t27-,32?,33+,39-/m0/s1. The Balaban J connectivity index is 0.868. The van der Waals surface area contributed by atoms with Crippen molar-refractivity contribution < 1.29 is 24.3 Å². The molecule has 1 unspecified atom stereocenters. The van der Waals surface area contributed by atoms with Gasteiger partial charge < -0.3 is 29.9 Å². The first-order valence-electron chi connectivity index (χ1n) is 21.2. The third-order valence-electron chi connectivity index (χ3n) is 12.2. The lowest BCUT2D eigenvalue weighted by atomic mass is 10.0. The zero-order valence-corrected chi connectivity index (χ0v) is 37.6. The normalized spacial score (nSPS) is 18.1. The van der Waals surface area contributed by atoms with Gasteiger partial charge in [0, 0.05) is 71.2 Å². The van der Waals surface area contributed by atoms with Gasteiger partial charge in [-0.3, -0.25) is 9.69 Å². The number of phenols is 1. The zero-order chi connectivity index (χ0) is 44.1. The largest absolute Gasteiger partial charge is 0.507 e. The summed E-state index contributed by atoms with van der Waals surface area (Å²) < 4.78 is 5.84. The Morgan fingerprint density at radius 1 is 0.937 bits per heavy atom. The van der Waals surface area contributed by atoms with E-state index in [2.05, 4.69) is 37.5 Å². The van der Waals surface area contributed by atoms with Crippen LogP contribution in [0.5, 0.6) is 5.75 Å². The average molecular weight is 884 g/mol. The summed E-state index contributed by atoms with van der Waals surface area (Å²) in [5.74, 6) is 1.25. The Morgan fingerprint density at radius 3 is 2.46 bits per heavy atom. The van der Waals surface area contributed by atoms with Crippen molar-refractivity contribution in [3.63, 3.8) is 0 Å². The Kier molecular flexibility index (Phi) is 11.5. The average Bonchev–Trinajstić information content (AvgIpc) is 4.13. The molecule has 0 bridgehead atoms. The van der Waals surface area contributed by atoms with E-state index in [1.807, 2.05) is 94.7 Å². The number of fused-ring (bicyclic) bond motifs is 1. The number of pyridine rings is 1. The minimum Gasteiger partial charge on any atom is -0.507 e. The third-order valence-corrected chi connectivity index (χ3v) is 14.5. The lowest BCUT2D eigenvalue weighted by Crippen LogP contribution is -2.53. The van der Waals surface area contributed by atoms with E-state index in [1.165, 1.54) is 20.2 Å². The number of β-amino-alcohol motifs (C(OH)–C–C–N with tert-alkyl or cyclic N) is 1. The summed E-state index contributed by atoms with van der Waals surface area (Å²) in [6.07, 6.45) is 0.238. The first kappa shape index (κ1) is 42.1. The molecule has 0 saturated carbocycles. The van der Waals surface area contributed by atoms with E-state index in [1.54, 1.807) is 40.9 Å². The van der Waals surface area contributed by atoms with Crippen LogP contribution in [0.1, 0.15) is 73.0 Å². The minimum absolute atomic E-state index is 0.0113. The number of aromatic nitrogens is 5. The molecule has 0 spiro atoms. The predicted octanol–water partition coefficient (Wildman–Crippen LogP) is 8.80. The summed E-state index contributed by atoms with van der Waals surface area (Å²) >= 11 is 3.27. The van der Waals surface area contributed by atoms with Crippen LogP contribution < -0.4 is 15.1 Å². The highest BCUT2D eigenvalue weighted by atomic mass is 32.1. The molecule has 2 fully saturated rings. The van der Waals surface area contributed by atoms with Crippen molar-refractivity contribution in [3.05, 3.63) is 106 Å². The Labute approximate surface area is 373 Å². The summed E-state index contributed by atoms with van der Waals surface area (Å²) in [5.41, 5.74) is 9.37.